The van der Waals surface area contributed by atoms with E-state index >= 15 is 0 Å². The smallest absolute Gasteiger partial charge is 0.321 e. The largest absolute Gasteiger partial charge is 0.337 e. The lowest BCUT2D eigenvalue weighted by atomic mass is 10.2. The van der Waals surface area contributed by atoms with Gasteiger partial charge in [-0.1, -0.05) is 41.1 Å². The van der Waals surface area contributed by atoms with Crippen LogP contribution in [0.15, 0.2) is 48.7 Å². The van der Waals surface area contributed by atoms with Gasteiger partial charge in [0, 0.05) is 36.3 Å². The van der Waals surface area contributed by atoms with Gasteiger partial charge in [-0.2, -0.15) is 0 Å². The van der Waals surface area contributed by atoms with E-state index < -0.39 is 0 Å². The minimum Gasteiger partial charge on any atom is -0.337 e. The number of anilines is 1. The van der Waals surface area contributed by atoms with Gasteiger partial charge in [0.15, 0.2) is 0 Å². The molecule has 0 atom stereocenters. The minimum absolute atomic E-state index is 0.301. The predicted molar refractivity (Wildman–Crippen MR) is 99.1 cm³/mol. The highest BCUT2D eigenvalue weighted by Crippen LogP contribution is 2.19. The van der Waals surface area contributed by atoms with Gasteiger partial charge in [-0.3, -0.25) is 10.3 Å². The van der Waals surface area contributed by atoms with Crippen LogP contribution in [0.5, 0.6) is 0 Å². The average Bonchev–Trinajstić information content (AvgIpc) is 3.05. The van der Waals surface area contributed by atoms with E-state index in [2.05, 4.69) is 25.8 Å². The van der Waals surface area contributed by atoms with E-state index in [1.54, 1.807) is 6.20 Å². The van der Waals surface area contributed by atoms with Crippen molar-refractivity contribution in [1.82, 2.24) is 20.5 Å². The zero-order chi connectivity index (χ0) is 17.5. The fourth-order valence-corrected chi connectivity index (χ4v) is 3.04. The highest BCUT2D eigenvalue weighted by atomic mass is 35.5. The van der Waals surface area contributed by atoms with E-state index in [0.29, 0.717) is 29.5 Å². The second-order valence-electron chi connectivity index (χ2n) is 5.26. The van der Waals surface area contributed by atoms with Crippen molar-refractivity contribution in [3.8, 4) is 0 Å². The summed E-state index contributed by atoms with van der Waals surface area (Å²) in [5.41, 5.74) is 2.02. The zero-order valence-corrected chi connectivity index (χ0v) is 14.8. The van der Waals surface area contributed by atoms with Gasteiger partial charge in [-0.15, -0.1) is 10.2 Å². The molecule has 2 aromatic heterocycles. The van der Waals surface area contributed by atoms with Crippen molar-refractivity contribution in [2.75, 3.05) is 11.9 Å². The molecule has 1 aromatic carbocycles. The number of carbonyl (C=O) groups excluding carboxylic acids is 1. The average molecular weight is 374 g/mol. The summed E-state index contributed by atoms with van der Waals surface area (Å²) in [6, 6.07) is 13.0. The van der Waals surface area contributed by atoms with Gasteiger partial charge in [-0.25, -0.2) is 4.79 Å². The molecule has 0 fully saturated rings. The Labute approximate surface area is 154 Å². The lowest BCUT2D eigenvalue weighted by Gasteiger charge is -2.04. The maximum atomic E-state index is 11.9. The van der Waals surface area contributed by atoms with E-state index in [9.17, 15) is 4.79 Å². The normalized spacial score (nSPS) is 10.4. The molecule has 0 spiro atoms. The molecule has 8 heteroatoms. The molecule has 0 aliphatic carbocycles. The number of halogens is 1. The molecule has 0 unspecified atom stereocenters. The van der Waals surface area contributed by atoms with E-state index in [4.69, 9.17) is 11.6 Å². The standard InChI is InChI=1S/C17H16ClN5OS/c18-13-6-4-12(5-7-13)11-15-22-23-17(25-15)21-16(24)20-10-8-14-3-1-2-9-19-14/h1-7,9H,8,10-11H2,(H2,20,21,23,24). The molecule has 2 amide bonds. The van der Waals surface area contributed by atoms with Crippen molar-refractivity contribution < 1.29 is 4.79 Å². The van der Waals surface area contributed by atoms with Crippen molar-refractivity contribution in [1.29, 1.82) is 0 Å². The monoisotopic (exact) mass is 373 g/mol. The second kappa shape index (κ2) is 8.55. The summed E-state index contributed by atoms with van der Waals surface area (Å²) < 4.78 is 0. The van der Waals surface area contributed by atoms with Crippen LogP contribution in [-0.2, 0) is 12.8 Å². The summed E-state index contributed by atoms with van der Waals surface area (Å²) in [6.07, 6.45) is 3.06. The van der Waals surface area contributed by atoms with Crippen LogP contribution in [0.25, 0.3) is 0 Å². The third-order valence-electron chi connectivity index (χ3n) is 3.35. The Morgan fingerprint density at radius 2 is 1.96 bits per heavy atom. The van der Waals surface area contributed by atoms with Crippen LogP contribution >= 0.6 is 22.9 Å². The Hall–Kier alpha value is -2.51. The predicted octanol–water partition coefficient (Wildman–Crippen LogP) is 3.54. The molecule has 0 aliphatic heterocycles. The number of hydrogen-bond donors (Lipinski definition) is 2. The Kier molecular flexibility index (Phi) is 5.92. The van der Waals surface area contributed by atoms with Crippen LogP contribution in [0.2, 0.25) is 5.02 Å². The summed E-state index contributed by atoms with van der Waals surface area (Å²) >= 11 is 7.22. The van der Waals surface area contributed by atoms with Crippen LogP contribution in [0, 0.1) is 0 Å². The molecule has 3 rings (SSSR count). The summed E-state index contributed by atoms with van der Waals surface area (Å²) in [5.74, 6) is 0. The van der Waals surface area contributed by atoms with E-state index in [1.807, 2.05) is 42.5 Å². The molecular weight excluding hydrogens is 358 g/mol. The van der Waals surface area contributed by atoms with Crippen LogP contribution in [0.1, 0.15) is 16.3 Å². The number of urea groups is 1. The molecule has 3 aromatic rings. The van der Waals surface area contributed by atoms with Gasteiger partial charge in [0.2, 0.25) is 5.13 Å². The van der Waals surface area contributed by atoms with Gasteiger partial charge >= 0.3 is 6.03 Å². The summed E-state index contributed by atoms with van der Waals surface area (Å²) in [7, 11) is 0. The number of rotatable bonds is 6. The third kappa shape index (κ3) is 5.51. The van der Waals surface area contributed by atoms with E-state index in [0.717, 1.165) is 16.3 Å². The molecule has 0 saturated heterocycles. The number of nitrogens with zero attached hydrogens (tertiary/aromatic N) is 3. The van der Waals surface area contributed by atoms with Crippen LogP contribution < -0.4 is 10.6 Å². The molecule has 0 saturated carbocycles. The van der Waals surface area contributed by atoms with Crippen molar-refractivity contribution >= 4 is 34.1 Å². The van der Waals surface area contributed by atoms with Gasteiger partial charge in [0.1, 0.15) is 5.01 Å². The number of carbonyl (C=O) groups is 1. The molecule has 128 valence electrons. The maximum Gasteiger partial charge on any atom is 0.321 e. The van der Waals surface area contributed by atoms with Gasteiger partial charge in [0.05, 0.1) is 0 Å². The second-order valence-corrected chi connectivity index (χ2v) is 6.75. The fourth-order valence-electron chi connectivity index (χ4n) is 2.14. The van der Waals surface area contributed by atoms with Gasteiger partial charge < -0.3 is 5.32 Å². The highest BCUT2D eigenvalue weighted by Gasteiger charge is 2.08. The Morgan fingerprint density at radius 3 is 2.72 bits per heavy atom. The van der Waals surface area contributed by atoms with Crippen molar-refractivity contribution in [3.63, 3.8) is 0 Å². The molecule has 2 heterocycles. The fraction of sp³-hybridized carbons (Fsp3) is 0.176. The van der Waals surface area contributed by atoms with Gasteiger partial charge in [0.25, 0.3) is 0 Å². The lowest BCUT2D eigenvalue weighted by molar-refractivity contribution is 0.252. The minimum atomic E-state index is -0.301. The van der Waals surface area contributed by atoms with Crippen LogP contribution in [-0.4, -0.2) is 27.8 Å². The van der Waals surface area contributed by atoms with Gasteiger partial charge in [-0.05, 0) is 29.8 Å². The number of aromatic nitrogens is 3. The number of benzene rings is 1. The first kappa shape index (κ1) is 17.3. The number of amides is 2. The van der Waals surface area contributed by atoms with Crippen molar-refractivity contribution in [3.05, 3.63) is 69.9 Å². The molecule has 6 nitrogen and oxygen atoms in total. The van der Waals surface area contributed by atoms with Crippen LogP contribution in [0.4, 0.5) is 9.93 Å². The first-order chi connectivity index (χ1) is 12.2. The Morgan fingerprint density at radius 1 is 1.12 bits per heavy atom. The number of hydrogen-bond acceptors (Lipinski definition) is 5. The molecule has 0 bridgehead atoms. The van der Waals surface area contributed by atoms with Crippen molar-refractivity contribution in [2.45, 2.75) is 12.8 Å². The molecular formula is C17H16ClN5OS. The zero-order valence-electron chi connectivity index (χ0n) is 13.3. The molecule has 0 aliphatic rings. The third-order valence-corrected chi connectivity index (χ3v) is 4.44. The number of nitrogens with one attached hydrogen (secondary N) is 2. The molecule has 0 radical (unpaired) electrons. The Balaban J connectivity index is 1.45. The lowest BCUT2D eigenvalue weighted by Crippen LogP contribution is -2.30. The first-order valence-corrected chi connectivity index (χ1v) is 8.90. The highest BCUT2D eigenvalue weighted by molar-refractivity contribution is 7.15. The molecule has 25 heavy (non-hydrogen) atoms. The van der Waals surface area contributed by atoms with Crippen molar-refractivity contribution in [2.24, 2.45) is 0 Å². The van der Waals surface area contributed by atoms with E-state index in [-0.39, 0.29) is 6.03 Å². The quantitative estimate of drug-likeness (QED) is 0.692. The molecule has 2 N–H and O–H groups in total. The first-order valence-electron chi connectivity index (χ1n) is 7.70. The Bertz CT molecular complexity index is 823. The maximum absolute atomic E-state index is 11.9. The topological polar surface area (TPSA) is 79.8 Å². The van der Waals surface area contributed by atoms with E-state index in [1.165, 1.54) is 11.3 Å². The van der Waals surface area contributed by atoms with Crippen LogP contribution in [0.3, 0.4) is 0 Å². The summed E-state index contributed by atoms with van der Waals surface area (Å²) in [4.78, 5) is 16.1. The summed E-state index contributed by atoms with van der Waals surface area (Å²) in [5, 5.41) is 15.6. The summed E-state index contributed by atoms with van der Waals surface area (Å²) in [6.45, 7) is 0.499. The SMILES string of the molecule is O=C(NCCc1ccccn1)Nc1nnc(Cc2ccc(Cl)cc2)s1. The number of pyridine rings is 1.